The first kappa shape index (κ1) is 20.6. The minimum atomic E-state index is -4.42. The maximum atomic E-state index is 12.8. The number of alkyl halides is 3. The molecule has 0 atom stereocenters. The minimum absolute atomic E-state index is 0.107. The molecule has 0 saturated carbocycles. The largest absolute Gasteiger partial charge is 0.465 e. The third kappa shape index (κ3) is 4.32. The topological polar surface area (TPSA) is 48.3 Å². The fraction of sp³-hybridized carbons (Fsp3) is 0.143. The van der Waals surface area contributed by atoms with Gasteiger partial charge in [-0.3, -0.25) is 9.36 Å². The molecule has 0 radical (unpaired) electrons. The van der Waals surface area contributed by atoms with Gasteiger partial charge in [-0.15, -0.1) is 0 Å². The zero-order valence-electron chi connectivity index (χ0n) is 15.3. The first-order valence-corrected chi connectivity index (χ1v) is 9.27. The van der Waals surface area contributed by atoms with Gasteiger partial charge in [-0.25, -0.2) is 4.79 Å². The Balaban J connectivity index is 2.00. The van der Waals surface area contributed by atoms with Gasteiger partial charge in [0.05, 0.1) is 35.4 Å². The van der Waals surface area contributed by atoms with Crippen molar-refractivity contribution in [2.24, 2.45) is 0 Å². The molecule has 0 amide bonds. The molecule has 2 aromatic carbocycles. The van der Waals surface area contributed by atoms with E-state index in [0.717, 1.165) is 23.5 Å². The molecule has 0 aliphatic carbocycles. The first-order chi connectivity index (χ1) is 13.7. The monoisotopic (exact) mass is 419 g/mol. The molecule has 0 fully saturated rings. The Morgan fingerprint density at radius 1 is 1.14 bits per heavy atom. The molecule has 0 aliphatic heterocycles. The highest BCUT2D eigenvalue weighted by atomic mass is 32.1. The fourth-order valence-corrected chi connectivity index (χ4v) is 3.73. The molecule has 0 spiro atoms. The Bertz CT molecular complexity index is 1090. The van der Waals surface area contributed by atoms with E-state index in [4.69, 9.17) is 0 Å². The van der Waals surface area contributed by atoms with Gasteiger partial charge < -0.3 is 4.74 Å². The van der Waals surface area contributed by atoms with E-state index in [9.17, 15) is 22.8 Å². The van der Waals surface area contributed by atoms with Gasteiger partial charge in [-0.1, -0.05) is 42.2 Å². The fourth-order valence-electron chi connectivity index (χ4n) is 2.87. The molecule has 0 bridgehead atoms. The number of methoxy groups -OCH3 is 1. The Morgan fingerprint density at radius 3 is 2.28 bits per heavy atom. The van der Waals surface area contributed by atoms with Crippen LogP contribution in [0.15, 0.2) is 59.9 Å². The van der Waals surface area contributed by atoms with E-state index in [2.05, 4.69) is 11.3 Å². The molecule has 29 heavy (non-hydrogen) atoms. The van der Waals surface area contributed by atoms with E-state index in [-0.39, 0.29) is 11.4 Å². The van der Waals surface area contributed by atoms with Crippen LogP contribution in [0.25, 0.3) is 17.3 Å². The van der Waals surface area contributed by atoms with Crippen molar-refractivity contribution in [3.63, 3.8) is 0 Å². The number of carbonyl (C=O) groups excluding carboxylic acids is 1. The standard InChI is InChI=1S/C21H16F3NO3S/c1-3-17-18(14-6-8-15(9-7-14)19(26)28-2)25(20(27)29-17)12-13-4-10-16(11-5-13)21(22,23)24/h3-11H,1,12H2,2H3. The summed E-state index contributed by atoms with van der Waals surface area (Å²) in [5.74, 6) is -0.479. The summed E-state index contributed by atoms with van der Waals surface area (Å²) in [5, 5.41) is 0. The van der Waals surface area contributed by atoms with Crippen molar-refractivity contribution >= 4 is 23.4 Å². The molecular formula is C21H16F3NO3S. The lowest BCUT2D eigenvalue weighted by Crippen LogP contribution is -2.15. The lowest BCUT2D eigenvalue weighted by Gasteiger charge is -2.11. The maximum Gasteiger partial charge on any atom is 0.416 e. The van der Waals surface area contributed by atoms with Gasteiger partial charge >= 0.3 is 17.0 Å². The van der Waals surface area contributed by atoms with Crippen LogP contribution in [0.2, 0.25) is 0 Å². The van der Waals surface area contributed by atoms with E-state index in [1.54, 1.807) is 30.3 Å². The van der Waals surface area contributed by atoms with Gasteiger partial charge in [0.2, 0.25) is 0 Å². The van der Waals surface area contributed by atoms with Gasteiger partial charge in [-0.05, 0) is 41.5 Å². The molecular weight excluding hydrogens is 403 g/mol. The number of hydrogen-bond acceptors (Lipinski definition) is 4. The van der Waals surface area contributed by atoms with Crippen molar-refractivity contribution in [1.29, 1.82) is 0 Å². The summed E-state index contributed by atoms with van der Waals surface area (Å²) in [6.45, 7) is 3.84. The summed E-state index contributed by atoms with van der Waals surface area (Å²) in [6.07, 6.45) is -2.86. The molecule has 0 aliphatic rings. The number of nitrogens with zero attached hydrogens (tertiary/aromatic N) is 1. The number of carbonyl (C=O) groups is 1. The molecule has 3 aromatic rings. The normalized spacial score (nSPS) is 11.3. The van der Waals surface area contributed by atoms with Crippen LogP contribution in [-0.2, 0) is 17.5 Å². The number of esters is 1. The summed E-state index contributed by atoms with van der Waals surface area (Å²) in [7, 11) is 1.28. The van der Waals surface area contributed by atoms with Gasteiger partial charge in [0.25, 0.3) is 0 Å². The summed E-state index contributed by atoms with van der Waals surface area (Å²) in [5.41, 5.74) is 1.44. The quantitative estimate of drug-likeness (QED) is 0.543. The SMILES string of the molecule is C=Cc1sc(=O)n(Cc2ccc(C(F)(F)F)cc2)c1-c1ccc(C(=O)OC)cc1. The van der Waals surface area contributed by atoms with Gasteiger partial charge in [-0.2, -0.15) is 13.2 Å². The minimum Gasteiger partial charge on any atom is -0.465 e. The lowest BCUT2D eigenvalue weighted by molar-refractivity contribution is -0.137. The third-order valence-corrected chi connectivity index (χ3v) is 5.28. The predicted molar refractivity (Wildman–Crippen MR) is 106 cm³/mol. The van der Waals surface area contributed by atoms with Crippen molar-refractivity contribution in [3.05, 3.63) is 86.3 Å². The number of benzene rings is 2. The van der Waals surface area contributed by atoms with Crippen LogP contribution in [0.1, 0.15) is 26.4 Å². The van der Waals surface area contributed by atoms with Gasteiger partial charge in [0.1, 0.15) is 0 Å². The molecule has 3 rings (SSSR count). The number of hydrogen-bond donors (Lipinski definition) is 0. The van der Waals surface area contributed by atoms with Crippen molar-refractivity contribution in [2.45, 2.75) is 12.7 Å². The molecule has 1 aromatic heterocycles. The van der Waals surface area contributed by atoms with Crippen LogP contribution >= 0.6 is 11.3 Å². The summed E-state index contributed by atoms with van der Waals surface area (Å²) in [6, 6.07) is 11.2. The maximum absolute atomic E-state index is 12.8. The highest BCUT2D eigenvalue weighted by Gasteiger charge is 2.30. The van der Waals surface area contributed by atoms with E-state index in [0.29, 0.717) is 27.3 Å². The third-order valence-electron chi connectivity index (χ3n) is 4.31. The molecule has 4 nitrogen and oxygen atoms in total. The summed E-state index contributed by atoms with van der Waals surface area (Å²) < 4.78 is 44.5. The number of thiazole rings is 1. The van der Waals surface area contributed by atoms with Crippen LogP contribution in [0.3, 0.4) is 0 Å². The second-order valence-corrected chi connectivity index (χ2v) is 7.13. The summed E-state index contributed by atoms with van der Waals surface area (Å²) in [4.78, 5) is 24.5. The molecule has 8 heteroatoms. The van der Waals surface area contributed by atoms with E-state index in [1.807, 2.05) is 0 Å². The zero-order valence-corrected chi connectivity index (χ0v) is 16.1. The molecule has 1 heterocycles. The Morgan fingerprint density at radius 2 is 1.76 bits per heavy atom. The molecule has 0 N–H and O–H groups in total. The highest BCUT2D eigenvalue weighted by Crippen LogP contribution is 2.30. The lowest BCUT2D eigenvalue weighted by atomic mass is 10.1. The van der Waals surface area contributed by atoms with E-state index in [1.165, 1.54) is 23.8 Å². The van der Waals surface area contributed by atoms with Crippen LogP contribution in [0, 0.1) is 0 Å². The van der Waals surface area contributed by atoms with Crippen molar-refractivity contribution in [3.8, 4) is 11.3 Å². The van der Waals surface area contributed by atoms with Gasteiger partial charge in [0.15, 0.2) is 0 Å². The highest BCUT2D eigenvalue weighted by molar-refractivity contribution is 7.10. The number of aromatic nitrogens is 1. The Labute approximate surface area is 168 Å². The van der Waals surface area contributed by atoms with E-state index < -0.39 is 17.7 Å². The zero-order chi connectivity index (χ0) is 21.2. The second-order valence-electron chi connectivity index (χ2n) is 6.13. The molecule has 150 valence electrons. The van der Waals surface area contributed by atoms with Crippen molar-refractivity contribution < 1.29 is 22.7 Å². The molecule has 0 unspecified atom stereocenters. The Kier molecular flexibility index (Phi) is 5.74. The summed E-state index contributed by atoms with van der Waals surface area (Å²) >= 11 is 0.995. The average Bonchev–Trinajstić information content (AvgIpc) is 3.02. The van der Waals surface area contributed by atoms with Crippen molar-refractivity contribution in [1.82, 2.24) is 4.57 Å². The van der Waals surface area contributed by atoms with Crippen molar-refractivity contribution in [2.75, 3.05) is 7.11 Å². The number of halogens is 3. The van der Waals surface area contributed by atoms with Crippen LogP contribution in [0.4, 0.5) is 13.2 Å². The van der Waals surface area contributed by atoms with Crippen LogP contribution < -0.4 is 4.87 Å². The van der Waals surface area contributed by atoms with Crippen LogP contribution in [-0.4, -0.2) is 17.6 Å². The molecule has 0 saturated heterocycles. The smallest absolute Gasteiger partial charge is 0.416 e. The number of rotatable bonds is 5. The second kappa shape index (κ2) is 8.08. The van der Waals surface area contributed by atoms with Crippen LogP contribution in [0.5, 0.6) is 0 Å². The first-order valence-electron chi connectivity index (χ1n) is 8.45. The average molecular weight is 419 g/mol. The van der Waals surface area contributed by atoms with Gasteiger partial charge in [0, 0.05) is 0 Å². The number of ether oxygens (including phenoxy) is 1. The predicted octanol–water partition coefficient (Wildman–Crippen LogP) is 5.07. The van der Waals surface area contributed by atoms with E-state index >= 15 is 0 Å². The Hall–Kier alpha value is -3.13.